The number of methoxy groups -OCH3 is 1. The Kier molecular flexibility index (Phi) is 7.37. The molecule has 2 aromatic heterocycles. The van der Waals surface area contributed by atoms with E-state index in [0.29, 0.717) is 28.3 Å². The van der Waals surface area contributed by atoms with Crippen LogP contribution in [0.3, 0.4) is 0 Å². The van der Waals surface area contributed by atoms with Crippen LogP contribution in [-0.4, -0.2) is 25.6 Å². The van der Waals surface area contributed by atoms with Crippen LogP contribution in [0.5, 0.6) is 5.75 Å². The minimum atomic E-state index is -0.532. The third kappa shape index (κ3) is 5.31. The van der Waals surface area contributed by atoms with E-state index < -0.39 is 17.5 Å². The number of rotatable bonds is 7. The first-order chi connectivity index (χ1) is 16.8. The van der Waals surface area contributed by atoms with Crippen LogP contribution in [-0.2, 0) is 16.0 Å². The smallest absolute Gasteiger partial charge is 0.341 e. The number of nitrogens with one attached hydrogen (secondary N) is 1. The molecule has 0 radical (unpaired) electrons. The molecule has 0 spiro atoms. The van der Waals surface area contributed by atoms with Gasteiger partial charge in [-0.1, -0.05) is 35.0 Å². The molecule has 2 aromatic carbocycles. The number of fused-ring (bicyclic) bond motifs is 1. The number of benzene rings is 2. The number of carbonyl (C=O) groups is 2. The van der Waals surface area contributed by atoms with E-state index in [4.69, 9.17) is 13.9 Å². The summed E-state index contributed by atoms with van der Waals surface area (Å²) in [5.41, 5.74) is 2.63. The Labute approximate surface area is 213 Å². The van der Waals surface area contributed by atoms with Gasteiger partial charge in [0, 0.05) is 32.4 Å². The lowest BCUT2D eigenvalue weighted by molar-refractivity contribution is -0.118. The fourth-order valence-corrected chi connectivity index (χ4v) is 5.17. The van der Waals surface area contributed by atoms with E-state index >= 15 is 0 Å². The van der Waals surface area contributed by atoms with Gasteiger partial charge in [0.25, 0.3) is 5.91 Å². The summed E-state index contributed by atoms with van der Waals surface area (Å²) in [6.45, 7) is 3.51. The number of aryl methyl sites for hydroxylation is 2. The highest BCUT2D eigenvalue weighted by Crippen LogP contribution is 2.41. The normalized spacial score (nSPS) is 10.9. The highest BCUT2D eigenvalue weighted by atomic mass is 79.9. The third-order valence-corrected chi connectivity index (χ3v) is 7.15. The molecule has 0 bridgehead atoms. The van der Waals surface area contributed by atoms with Crippen LogP contribution in [0.15, 0.2) is 62.2 Å². The molecule has 1 N–H and O–H groups in total. The van der Waals surface area contributed by atoms with Crippen molar-refractivity contribution in [2.24, 2.45) is 0 Å². The number of hydrogen-bond acceptors (Lipinski definition) is 7. The Bertz CT molecular complexity index is 1470. The van der Waals surface area contributed by atoms with Crippen molar-refractivity contribution in [3.63, 3.8) is 0 Å². The van der Waals surface area contributed by atoms with Crippen molar-refractivity contribution < 1.29 is 23.5 Å². The van der Waals surface area contributed by atoms with Crippen molar-refractivity contribution in [3.8, 4) is 16.9 Å². The molecule has 35 heavy (non-hydrogen) atoms. The molecular formula is C26H22BrNO6S. The molecule has 1 amide bonds. The SMILES string of the molecule is CCc1sc(NC(=O)COc2ccc3c(C)cc(=O)oc3c2)c(C(=O)OC)c1-c1ccc(Br)cc1. The topological polar surface area (TPSA) is 94.8 Å². The largest absolute Gasteiger partial charge is 0.484 e. The average molecular weight is 556 g/mol. The van der Waals surface area contributed by atoms with E-state index in [-0.39, 0.29) is 6.61 Å². The van der Waals surface area contributed by atoms with Crippen LogP contribution in [0, 0.1) is 6.92 Å². The van der Waals surface area contributed by atoms with Crippen LogP contribution in [0.2, 0.25) is 0 Å². The van der Waals surface area contributed by atoms with Crippen molar-refractivity contribution in [2.75, 3.05) is 19.0 Å². The zero-order valence-electron chi connectivity index (χ0n) is 19.3. The maximum atomic E-state index is 12.7. The van der Waals surface area contributed by atoms with E-state index in [9.17, 15) is 14.4 Å². The Morgan fingerprint density at radius 3 is 2.54 bits per heavy atom. The van der Waals surface area contributed by atoms with Crippen molar-refractivity contribution in [1.29, 1.82) is 0 Å². The molecule has 0 aliphatic rings. The van der Waals surface area contributed by atoms with E-state index in [0.717, 1.165) is 31.4 Å². The highest BCUT2D eigenvalue weighted by molar-refractivity contribution is 9.10. The van der Waals surface area contributed by atoms with Gasteiger partial charge in [-0.15, -0.1) is 11.3 Å². The van der Waals surface area contributed by atoms with Gasteiger partial charge < -0.3 is 19.2 Å². The molecule has 4 rings (SSSR count). The summed E-state index contributed by atoms with van der Waals surface area (Å²) in [5, 5.41) is 3.99. The predicted octanol–water partition coefficient (Wildman–Crippen LogP) is 5.96. The fourth-order valence-electron chi connectivity index (χ4n) is 3.74. The third-order valence-electron chi connectivity index (χ3n) is 5.37. The predicted molar refractivity (Wildman–Crippen MR) is 140 cm³/mol. The van der Waals surface area contributed by atoms with E-state index in [2.05, 4.69) is 21.2 Å². The monoisotopic (exact) mass is 555 g/mol. The van der Waals surface area contributed by atoms with Crippen molar-refractivity contribution in [3.05, 3.63) is 79.4 Å². The average Bonchev–Trinajstić information content (AvgIpc) is 3.20. The van der Waals surface area contributed by atoms with E-state index in [1.54, 1.807) is 18.2 Å². The maximum absolute atomic E-state index is 12.7. The number of ether oxygens (including phenoxy) is 2. The first-order valence-electron chi connectivity index (χ1n) is 10.8. The van der Waals surface area contributed by atoms with Gasteiger partial charge >= 0.3 is 11.6 Å². The molecule has 2 heterocycles. The number of thiophene rings is 1. The maximum Gasteiger partial charge on any atom is 0.341 e. The second kappa shape index (κ2) is 10.5. The highest BCUT2D eigenvalue weighted by Gasteiger charge is 2.26. The van der Waals surface area contributed by atoms with Gasteiger partial charge in [-0.25, -0.2) is 9.59 Å². The number of anilines is 1. The molecular weight excluding hydrogens is 534 g/mol. The second-order valence-electron chi connectivity index (χ2n) is 7.70. The Morgan fingerprint density at radius 1 is 1.11 bits per heavy atom. The van der Waals surface area contributed by atoms with Gasteiger partial charge in [0.05, 0.1) is 7.11 Å². The molecule has 0 saturated heterocycles. The summed E-state index contributed by atoms with van der Waals surface area (Å²) in [5.74, 6) is -0.590. The lowest BCUT2D eigenvalue weighted by atomic mass is 10.0. The summed E-state index contributed by atoms with van der Waals surface area (Å²) in [4.78, 5) is 38.1. The summed E-state index contributed by atoms with van der Waals surface area (Å²) in [6.07, 6.45) is 0.675. The van der Waals surface area contributed by atoms with E-state index in [1.165, 1.54) is 24.5 Å². The molecule has 0 saturated carbocycles. The van der Waals surface area contributed by atoms with Gasteiger partial charge in [0.1, 0.15) is 21.9 Å². The minimum Gasteiger partial charge on any atom is -0.484 e. The van der Waals surface area contributed by atoms with Gasteiger partial charge in [-0.3, -0.25) is 4.79 Å². The quantitative estimate of drug-likeness (QED) is 0.223. The van der Waals surface area contributed by atoms with Gasteiger partial charge in [-0.2, -0.15) is 0 Å². The Hall–Kier alpha value is -3.43. The molecule has 0 aliphatic heterocycles. The van der Waals surface area contributed by atoms with Crippen LogP contribution in [0.25, 0.3) is 22.1 Å². The van der Waals surface area contributed by atoms with Crippen LogP contribution < -0.4 is 15.7 Å². The number of amides is 1. The summed E-state index contributed by atoms with van der Waals surface area (Å²) < 4.78 is 16.8. The standard InChI is InChI=1S/C26H22BrNO6S/c1-4-20-23(15-5-7-16(27)8-6-15)24(26(31)32-3)25(35-20)28-21(29)13-33-17-9-10-18-14(2)11-22(30)34-19(18)12-17/h5-12H,4,13H2,1-3H3,(H,28,29). The van der Waals surface area contributed by atoms with Crippen LogP contribution in [0.1, 0.15) is 27.7 Å². The first kappa shape index (κ1) is 24.7. The van der Waals surface area contributed by atoms with Crippen molar-refractivity contribution >= 4 is 55.1 Å². The number of esters is 1. The Balaban J connectivity index is 1.58. The van der Waals surface area contributed by atoms with Crippen molar-refractivity contribution in [1.82, 2.24) is 0 Å². The summed E-state index contributed by atoms with van der Waals surface area (Å²) >= 11 is 4.76. The van der Waals surface area contributed by atoms with Gasteiger partial charge in [0.2, 0.25) is 0 Å². The summed E-state index contributed by atoms with van der Waals surface area (Å²) in [6, 6.07) is 14.1. The van der Waals surface area contributed by atoms with Crippen LogP contribution in [0.4, 0.5) is 5.00 Å². The van der Waals surface area contributed by atoms with Crippen molar-refractivity contribution in [2.45, 2.75) is 20.3 Å². The van der Waals surface area contributed by atoms with Crippen LogP contribution >= 0.6 is 27.3 Å². The lowest BCUT2D eigenvalue weighted by Crippen LogP contribution is -2.21. The van der Waals surface area contributed by atoms with E-state index in [1.807, 2.05) is 38.1 Å². The molecule has 7 nitrogen and oxygen atoms in total. The number of carbonyl (C=O) groups excluding carboxylic acids is 2. The fraction of sp³-hybridized carbons (Fsp3) is 0.192. The number of hydrogen-bond donors (Lipinski definition) is 1. The lowest BCUT2D eigenvalue weighted by Gasteiger charge is -2.10. The molecule has 0 aliphatic carbocycles. The zero-order chi connectivity index (χ0) is 25.1. The Morgan fingerprint density at radius 2 is 1.86 bits per heavy atom. The molecule has 0 atom stereocenters. The first-order valence-corrected chi connectivity index (χ1v) is 12.4. The number of halogens is 1. The molecule has 0 fully saturated rings. The van der Waals surface area contributed by atoms with Gasteiger partial charge in [0.15, 0.2) is 6.61 Å². The molecule has 4 aromatic rings. The molecule has 0 unspecified atom stereocenters. The second-order valence-corrected chi connectivity index (χ2v) is 9.72. The zero-order valence-corrected chi connectivity index (χ0v) is 21.7. The van der Waals surface area contributed by atoms with Gasteiger partial charge in [-0.05, 0) is 48.7 Å². The summed E-state index contributed by atoms with van der Waals surface area (Å²) in [7, 11) is 1.31. The molecule has 9 heteroatoms. The molecule has 180 valence electrons. The minimum absolute atomic E-state index is 0.296.